The second-order valence-electron chi connectivity index (χ2n) is 10.1. The zero-order valence-electron chi connectivity index (χ0n) is 18.7. The molecule has 1 aromatic carbocycles. The maximum atomic E-state index is 14.0. The van der Waals surface area contributed by atoms with Gasteiger partial charge in [-0.05, 0) is 0 Å². The topological polar surface area (TPSA) is 80.3 Å². The molecule has 2 aliphatic heterocycles. The molecule has 12 heteroatoms. The summed E-state index contributed by atoms with van der Waals surface area (Å²) >= 11 is -3.10. The van der Waals surface area contributed by atoms with Crippen molar-refractivity contribution in [3.05, 3.63) is 27.3 Å². The van der Waals surface area contributed by atoms with Crippen LogP contribution in [0.25, 0.3) is 0 Å². The van der Waals surface area contributed by atoms with E-state index in [1.807, 2.05) is 0 Å². The van der Waals surface area contributed by atoms with Crippen molar-refractivity contribution in [1.82, 2.24) is 0 Å². The Morgan fingerprint density at radius 2 is 1.66 bits per heavy atom. The normalized spacial score (nSPS) is 36.4. The quantitative estimate of drug-likeness (QED) is 0.359. The third-order valence-corrected chi connectivity index (χ3v) is 11.5. The summed E-state index contributed by atoms with van der Waals surface area (Å²) in [6, 6.07) is 4.84. The molecular weight excluding hydrogens is 591 g/mol. The molecule has 192 valence electrons. The molecule has 0 amide bonds. The third-order valence-electron chi connectivity index (χ3n) is 8.10. The summed E-state index contributed by atoms with van der Waals surface area (Å²) in [5.41, 5.74) is -0.576. The molecule has 7 nitrogen and oxygen atoms in total. The van der Waals surface area contributed by atoms with Gasteiger partial charge in [0.25, 0.3) is 0 Å². The van der Waals surface area contributed by atoms with Crippen molar-refractivity contribution in [3.8, 4) is 5.75 Å². The number of rotatable bonds is 3. The van der Waals surface area contributed by atoms with Crippen LogP contribution < -0.4 is 4.74 Å². The Hall–Kier alpha value is -1.67. The van der Waals surface area contributed by atoms with Gasteiger partial charge in [0.15, 0.2) is 0 Å². The van der Waals surface area contributed by atoms with Crippen molar-refractivity contribution in [3.63, 3.8) is 0 Å². The zero-order valence-corrected chi connectivity index (χ0v) is 20.8. The number of alkyl halides is 4. The molecule has 7 rings (SSSR count). The molecule has 1 saturated heterocycles. The number of halogens is 5. The van der Waals surface area contributed by atoms with Crippen LogP contribution in [0.15, 0.2) is 18.2 Å². The number of hydrogen-bond donors (Lipinski definition) is 0. The maximum absolute atomic E-state index is 14.0. The molecule has 4 aliphatic carbocycles. The molecule has 0 radical (unpaired) electrons. The summed E-state index contributed by atoms with van der Waals surface area (Å²) < 4.78 is 84.0. The molecular formula is C23H23F4IO7. The number of carbonyl (C=O) groups is 2. The Kier molecular flexibility index (Phi) is 5.20. The van der Waals surface area contributed by atoms with Crippen molar-refractivity contribution in [2.45, 2.75) is 49.7 Å². The molecule has 4 saturated carbocycles. The van der Waals surface area contributed by atoms with E-state index in [9.17, 15) is 27.2 Å². The van der Waals surface area contributed by atoms with Crippen LogP contribution in [0.2, 0.25) is 0 Å². The minimum absolute atomic E-state index is 0.101. The molecule has 0 N–H and O–H groups in total. The van der Waals surface area contributed by atoms with E-state index < -0.39 is 80.7 Å². The predicted molar refractivity (Wildman–Crippen MR) is 118 cm³/mol. The second kappa shape index (κ2) is 7.67. The molecule has 0 aromatic heterocycles. The van der Waals surface area contributed by atoms with E-state index in [2.05, 4.69) is 0 Å². The van der Waals surface area contributed by atoms with Crippen molar-refractivity contribution in [2.75, 3.05) is 20.3 Å². The van der Waals surface area contributed by atoms with Gasteiger partial charge in [-0.15, -0.1) is 0 Å². The van der Waals surface area contributed by atoms with Crippen LogP contribution in [-0.4, -0.2) is 49.9 Å². The SMILES string of the molecule is COc1ccc2c(c1)I(OC(=O)C13CC4CC(C1)C1(OCC(F)(F)C(F)(F)CO1)C(C4)C3)OC2=O. The van der Waals surface area contributed by atoms with Gasteiger partial charge in [-0.25, -0.2) is 0 Å². The number of fused-ring (bicyclic) bond motifs is 1. The molecule has 5 fully saturated rings. The summed E-state index contributed by atoms with van der Waals surface area (Å²) in [5.74, 6) is -11.7. The van der Waals surface area contributed by atoms with E-state index in [0.717, 1.165) is 0 Å². The summed E-state index contributed by atoms with van der Waals surface area (Å²) in [6.45, 7) is -2.86. The van der Waals surface area contributed by atoms with E-state index in [1.54, 1.807) is 18.2 Å². The number of benzene rings is 1. The van der Waals surface area contributed by atoms with Crippen molar-refractivity contribution < 1.29 is 47.5 Å². The zero-order chi connectivity index (χ0) is 24.8. The fourth-order valence-corrected chi connectivity index (χ4v) is 10.0. The fraction of sp³-hybridized carbons (Fsp3) is 0.652. The van der Waals surface area contributed by atoms with E-state index in [1.165, 1.54) is 7.11 Å². The molecule has 2 heterocycles. The van der Waals surface area contributed by atoms with Crippen molar-refractivity contribution >= 4 is 32.6 Å². The monoisotopic (exact) mass is 614 g/mol. The molecule has 4 bridgehead atoms. The average molecular weight is 614 g/mol. The van der Waals surface area contributed by atoms with Gasteiger partial charge in [0.1, 0.15) is 0 Å². The van der Waals surface area contributed by atoms with Gasteiger partial charge in [-0.3, -0.25) is 0 Å². The van der Waals surface area contributed by atoms with Gasteiger partial charge in [0.05, 0.1) is 0 Å². The fourth-order valence-electron chi connectivity index (χ4n) is 6.57. The first-order valence-corrected chi connectivity index (χ1v) is 14.2. The average Bonchev–Trinajstić information content (AvgIpc) is 3.07. The minimum atomic E-state index is -4.34. The Balaban J connectivity index is 1.25. The second-order valence-corrected chi connectivity index (χ2v) is 13.4. The Bertz CT molecular complexity index is 1060. The van der Waals surface area contributed by atoms with Gasteiger partial charge in [-0.2, -0.15) is 0 Å². The van der Waals surface area contributed by atoms with E-state index in [4.69, 9.17) is 20.3 Å². The van der Waals surface area contributed by atoms with Gasteiger partial charge < -0.3 is 0 Å². The molecule has 6 aliphatic rings. The Labute approximate surface area is 206 Å². The standard InChI is InChI=1S/C23H23F4IO7/c1-31-15-2-3-16-17(6-15)28(34-18(16)29)35-19(30)20-7-12-4-13(8-20)23(14(5-12)9-20)32-10-21(24,25)22(26,27)11-33-23/h2-3,6,12-14H,4-5,7-11H2,1H3. The Morgan fingerprint density at radius 3 is 2.26 bits per heavy atom. The van der Waals surface area contributed by atoms with Crippen LogP contribution in [0.1, 0.15) is 42.5 Å². The van der Waals surface area contributed by atoms with Crippen LogP contribution in [0, 0.1) is 26.7 Å². The van der Waals surface area contributed by atoms with Crippen molar-refractivity contribution in [1.29, 1.82) is 0 Å². The molecule has 1 spiro atoms. The predicted octanol–water partition coefficient (Wildman–Crippen LogP) is 4.75. The first-order chi connectivity index (χ1) is 16.5. The van der Waals surface area contributed by atoms with E-state index in [0.29, 0.717) is 34.1 Å². The van der Waals surface area contributed by atoms with Gasteiger partial charge in [0, 0.05) is 0 Å². The molecule has 2 atom stereocenters. The van der Waals surface area contributed by atoms with Crippen LogP contribution in [0.4, 0.5) is 17.6 Å². The summed E-state index contributed by atoms with van der Waals surface area (Å²) in [7, 11) is 1.48. The number of ether oxygens (including phenoxy) is 3. The van der Waals surface area contributed by atoms with Gasteiger partial charge in [-0.1, -0.05) is 0 Å². The number of hydrogen-bond acceptors (Lipinski definition) is 7. The van der Waals surface area contributed by atoms with Crippen LogP contribution in [0.5, 0.6) is 5.75 Å². The van der Waals surface area contributed by atoms with E-state index >= 15 is 0 Å². The van der Waals surface area contributed by atoms with Crippen LogP contribution in [-0.2, 0) is 20.4 Å². The Morgan fingerprint density at radius 1 is 1.03 bits per heavy atom. The summed E-state index contributed by atoms with van der Waals surface area (Å²) in [4.78, 5) is 25.8. The first-order valence-electron chi connectivity index (χ1n) is 11.4. The molecule has 1 aromatic rings. The van der Waals surface area contributed by atoms with Crippen molar-refractivity contribution in [2.24, 2.45) is 23.2 Å². The van der Waals surface area contributed by atoms with Crippen LogP contribution in [0.3, 0.4) is 0 Å². The van der Waals surface area contributed by atoms with E-state index in [-0.39, 0.29) is 18.8 Å². The first kappa shape index (κ1) is 23.7. The van der Waals surface area contributed by atoms with Gasteiger partial charge >= 0.3 is 206 Å². The third kappa shape index (κ3) is 3.41. The summed E-state index contributed by atoms with van der Waals surface area (Å²) in [5, 5.41) is 0. The number of methoxy groups -OCH3 is 1. The number of carbonyl (C=O) groups excluding carboxylic acids is 2. The molecule has 2 unspecified atom stereocenters. The van der Waals surface area contributed by atoms with Gasteiger partial charge in [0.2, 0.25) is 0 Å². The summed E-state index contributed by atoms with van der Waals surface area (Å²) in [6.07, 6.45) is 2.07. The molecule has 35 heavy (non-hydrogen) atoms. The van der Waals surface area contributed by atoms with Crippen LogP contribution >= 0.6 is 20.6 Å².